The molecule has 44 heavy (non-hydrogen) atoms. The van der Waals surface area contributed by atoms with E-state index in [9.17, 15) is 9.18 Å². The van der Waals surface area contributed by atoms with Crippen molar-refractivity contribution >= 4 is 39.9 Å². The van der Waals surface area contributed by atoms with Crippen LogP contribution in [0.4, 0.5) is 15.9 Å². The minimum Gasteiger partial charge on any atom is -0.487 e. The molecule has 2 N–H and O–H groups in total. The third kappa shape index (κ3) is 8.44. The summed E-state index contributed by atoms with van der Waals surface area (Å²) < 4.78 is 32.1. The predicted octanol–water partition coefficient (Wildman–Crippen LogP) is 5.59. The molecule has 1 amide bonds. The summed E-state index contributed by atoms with van der Waals surface area (Å²) in [7, 11) is 1.63. The van der Waals surface area contributed by atoms with Crippen LogP contribution in [0.15, 0.2) is 48.7 Å². The van der Waals surface area contributed by atoms with Gasteiger partial charge in [0.1, 0.15) is 23.9 Å². The molecule has 0 saturated carbocycles. The molecule has 2 heterocycles. The van der Waals surface area contributed by atoms with Gasteiger partial charge in [0.05, 0.1) is 36.6 Å². The highest BCUT2D eigenvalue weighted by atomic mass is 35.5. The molecule has 0 aliphatic carbocycles. The number of halogens is 2. The van der Waals surface area contributed by atoms with Gasteiger partial charge < -0.3 is 34.3 Å². The van der Waals surface area contributed by atoms with E-state index in [1.807, 2.05) is 17.6 Å². The Balaban J connectivity index is 1.58. The van der Waals surface area contributed by atoms with Crippen LogP contribution in [0.25, 0.3) is 10.9 Å². The molecule has 0 bridgehead atoms. The van der Waals surface area contributed by atoms with Gasteiger partial charge in [-0.2, -0.15) is 5.10 Å². The van der Waals surface area contributed by atoms with Crippen LogP contribution in [0, 0.1) is 12.7 Å². The number of fused-ring (bicyclic) bond motifs is 1. The van der Waals surface area contributed by atoms with Crippen molar-refractivity contribution in [3.63, 3.8) is 0 Å². The van der Waals surface area contributed by atoms with E-state index in [2.05, 4.69) is 39.6 Å². The average molecular weight is 627 g/mol. The second-order valence-electron chi connectivity index (χ2n) is 10.2. The lowest BCUT2D eigenvalue weighted by atomic mass is 10.1. The fourth-order valence-corrected chi connectivity index (χ4v) is 5.21. The fourth-order valence-electron chi connectivity index (χ4n) is 4.98. The molecule has 4 rings (SSSR count). The molecule has 0 fully saturated rings. The van der Waals surface area contributed by atoms with E-state index in [0.717, 1.165) is 36.1 Å². The summed E-state index contributed by atoms with van der Waals surface area (Å²) in [5, 5.41) is 16.2. The Morgan fingerprint density at radius 2 is 1.93 bits per heavy atom. The number of nitrogens with one attached hydrogen (secondary N) is 2. The molecular formula is C32H40ClFN6O4. The molecule has 0 unspecified atom stereocenters. The molecule has 4 aromatic rings. The van der Waals surface area contributed by atoms with Crippen LogP contribution in [-0.2, 0) is 22.6 Å². The Kier molecular flexibility index (Phi) is 12.3. The van der Waals surface area contributed by atoms with Gasteiger partial charge >= 0.3 is 0 Å². The molecule has 236 valence electrons. The molecule has 0 atom stereocenters. The van der Waals surface area contributed by atoms with E-state index in [-0.39, 0.29) is 18.3 Å². The number of methoxy groups -OCH3 is 1. The van der Waals surface area contributed by atoms with Crippen molar-refractivity contribution in [2.75, 3.05) is 58.4 Å². The molecule has 2 aromatic heterocycles. The van der Waals surface area contributed by atoms with E-state index in [1.54, 1.807) is 37.6 Å². The maximum Gasteiger partial charge on any atom is 0.268 e. The van der Waals surface area contributed by atoms with Crippen molar-refractivity contribution in [3.05, 3.63) is 76.3 Å². The topological polar surface area (TPSA) is 103 Å². The van der Waals surface area contributed by atoms with Gasteiger partial charge in [-0.05, 0) is 61.5 Å². The van der Waals surface area contributed by atoms with E-state index >= 15 is 0 Å². The van der Waals surface area contributed by atoms with E-state index < -0.39 is 0 Å². The Bertz CT molecular complexity index is 1540. The predicted molar refractivity (Wildman–Crippen MR) is 171 cm³/mol. The highest BCUT2D eigenvalue weighted by molar-refractivity contribution is 6.32. The van der Waals surface area contributed by atoms with E-state index in [4.69, 9.17) is 25.8 Å². The van der Waals surface area contributed by atoms with Crippen LogP contribution in [0.3, 0.4) is 0 Å². The summed E-state index contributed by atoms with van der Waals surface area (Å²) in [4.78, 5) is 15.8. The first kappa shape index (κ1) is 33.1. The fraction of sp³-hybridized carbons (Fsp3) is 0.406. The number of amides is 1. The zero-order valence-electron chi connectivity index (χ0n) is 25.7. The summed E-state index contributed by atoms with van der Waals surface area (Å²) in [6, 6.07) is 11.5. The third-order valence-electron chi connectivity index (χ3n) is 7.31. The van der Waals surface area contributed by atoms with Gasteiger partial charge in [-0.15, -0.1) is 5.10 Å². The quantitative estimate of drug-likeness (QED) is 0.146. The van der Waals surface area contributed by atoms with Gasteiger partial charge in [0, 0.05) is 37.8 Å². The van der Waals surface area contributed by atoms with Crippen LogP contribution in [0.5, 0.6) is 5.75 Å². The highest BCUT2D eigenvalue weighted by Gasteiger charge is 2.23. The van der Waals surface area contributed by atoms with E-state index in [1.165, 1.54) is 12.1 Å². The van der Waals surface area contributed by atoms with Gasteiger partial charge in [-0.1, -0.05) is 37.6 Å². The number of hydrogen-bond acceptors (Lipinski definition) is 8. The first-order valence-corrected chi connectivity index (χ1v) is 15.1. The molecule has 0 aliphatic heterocycles. The maximum absolute atomic E-state index is 13.6. The Labute approximate surface area is 262 Å². The smallest absolute Gasteiger partial charge is 0.268 e. The number of benzene rings is 2. The van der Waals surface area contributed by atoms with Crippen LogP contribution >= 0.6 is 11.6 Å². The zero-order chi connectivity index (χ0) is 31.5. The van der Waals surface area contributed by atoms with Crippen LogP contribution in [0.1, 0.15) is 35.5 Å². The third-order valence-corrected chi connectivity index (χ3v) is 7.61. The van der Waals surface area contributed by atoms with Crippen molar-refractivity contribution in [2.24, 2.45) is 0 Å². The summed E-state index contributed by atoms with van der Waals surface area (Å²) in [5.41, 5.74) is 3.42. The second-order valence-corrected chi connectivity index (χ2v) is 10.6. The van der Waals surface area contributed by atoms with Gasteiger partial charge in [0.15, 0.2) is 5.82 Å². The van der Waals surface area contributed by atoms with Gasteiger partial charge in [0.2, 0.25) is 0 Å². The molecule has 0 spiro atoms. The number of anilines is 2. The number of carbonyl (C=O) groups is 1. The molecule has 2 aromatic carbocycles. The number of nitrogens with zero attached hydrogens (tertiary/aromatic N) is 4. The molecule has 12 heteroatoms. The number of ether oxygens (including phenoxy) is 3. The Hall–Kier alpha value is -3.77. The molecular weight excluding hydrogens is 587 g/mol. The number of hydrogen-bond donors (Lipinski definition) is 2. The second kappa shape index (κ2) is 16.3. The molecule has 0 radical (unpaired) electrons. The van der Waals surface area contributed by atoms with Gasteiger partial charge in [-0.3, -0.25) is 4.79 Å². The summed E-state index contributed by atoms with van der Waals surface area (Å²) in [6.45, 7) is 11.2. The van der Waals surface area contributed by atoms with E-state index in [0.29, 0.717) is 66.4 Å². The first-order chi connectivity index (χ1) is 21.4. The van der Waals surface area contributed by atoms with Crippen molar-refractivity contribution in [1.29, 1.82) is 0 Å². The molecule has 0 saturated heterocycles. The lowest BCUT2D eigenvalue weighted by molar-refractivity contribution is 0.0664. The van der Waals surface area contributed by atoms with Crippen molar-refractivity contribution in [2.45, 2.75) is 33.9 Å². The maximum atomic E-state index is 13.6. The zero-order valence-corrected chi connectivity index (χ0v) is 26.4. The minimum absolute atomic E-state index is 0.170. The SMILES string of the molecule is CCN(CC)CCNC(=O)c1c(C)c2c(Nc3ccc(OCc4cccc(F)c4)c(Cl)c3)nncc2n1CCOCCOC. The van der Waals surface area contributed by atoms with Crippen molar-refractivity contribution < 1.29 is 23.4 Å². The largest absolute Gasteiger partial charge is 0.487 e. The van der Waals surface area contributed by atoms with Crippen molar-refractivity contribution in [3.8, 4) is 5.75 Å². The van der Waals surface area contributed by atoms with Crippen LogP contribution in [0.2, 0.25) is 5.02 Å². The number of carbonyl (C=O) groups excluding carboxylic acids is 1. The van der Waals surface area contributed by atoms with Crippen LogP contribution < -0.4 is 15.4 Å². The van der Waals surface area contributed by atoms with Gasteiger partial charge in [0.25, 0.3) is 5.91 Å². The summed E-state index contributed by atoms with van der Waals surface area (Å²) in [6.07, 6.45) is 1.66. The van der Waals surface area contributed by atoms with Crippen molar-refractivity contribution in [1.82, 2.24) is 25.0 Å². The Morgan fingerprint density at radius 1 is 1.11 bits per heavy atom. The standard InChI is InChI=1S/C32H40ClFN6O4/c1-5-39(6-2)13-12-35-32(41)30-22(3)29-27(40(30)14-15-43-17-16-42-4)20-36-38-31(29)37-25-10-11-28(26(33)19-25)44-21-23-8-7-9-24(34)18-23/h7-11,18-20H,5-6,12-17,21H2,1-4H3,(H,35,41)(H,37,38). The highest BCUT2D eigenvalue weighted by Crippen LogP contribution is 2.34. The number of likely N-dealkylation sites (N-methyl/N-ethyl adjacent to an activating group) is 1. The number of aryl methyl sites for hydroxylation is 1. The first-order valence-electron chi connectivity index (χ1n) is 14.7. The molecule has 10 nitrogen and oxygen atoms in total. The van der Waals surface area contributed by atoms with Gasteiger partial charge in [-0.25, -0.2) is 4.39 Å². The summed E-state index contributed by atoms with van der Waals surface area (Å²) in [5.74, 6) is 0.456. The number of aromatic nitrogens is 3. The lowest BCUT2D eigenvalue weighted by Gasteiger charge is -2.18. The summed E-state index contributed by atoms with van der Waals surface area (Å²) >= 11 is 6.54. The molecule has 0 aliphatic rings. The minimum atomic E-state index is -0.324. The monoisotopic (exact) mass is 626 g/mol. The normalized spacial score (nSPS) is 11.3. The average Bonchev–Trinajstić information content (AvgIpc) is 3.30. The number of rotatable bonds is 17. The Morgan fingerprint density at radius 3 is 2.66 bits per heavy atom. The lowest BCUT2D eigenvalue weighted by Crippen LogP contribution is -2.35. The van der Waals surface area contributed by atoms with Crippen LogP contribution in [-0.4, -0.2) is 78.7 Å².